The average Bonchev–Trinajstić information content (AvgIpc) is 2.96. The van der Waals surface area contributed by atoms with Gasteiger partial charge in [-0.2, -0.15) is 0 Å². The maximum atomic E-state index is 13.0. The van der Waals surface area contributed by atoms with Crippen molar-refractivity contribution < 1.29 is 13.2 Å². The number of aromatic nitrogens is 2. The maximum absolute atomic E-state index is 13.0. The zero-order valence-electron chi connectivity index (χ0n) is 17.9. The minimum atomic E-state index is -3.29. The molecule has 0 saturated heterocycles. The predicted molar refractivity (Wildman–Crippen MR) is 120 cm³/mol. The van der Waals surface area contributed by atoms with Crippen molar-refractivity contribution in [2.75, 3.05) is 6.26 Å². The molecule has 30 heavy (non-hydrogen) atoms. The van der Waals surface area contributed by atoms with Crippen molar-refractivity contribution in [1.29, 1.82) is 0 Å². The lowest BCUT2D eigenvalue weighted by Gasteiger charge is -2.27. The fourth-order valence-corrected chi connectivity index (χ4v) is 4.27. The van der Waals surface area contributed by atoms with Gasteiger partial charge in [0.1, 0.15) is 18.1 Å². The largest absolute Gasteiger partial charge is 0.348 e. The van der Waals surface area contributed by atoms with E-state index in [1.165, 1.54) is 6.26 Å². The van der Waals surface area contributed by atoms with E-state index in [2.05, 4.69) is 31.1 Å². The fraction of sp³-hybridized carbons (Fsp3) is 0.391. The summed E-state index contributed by atoms with van der Waals surface area (Å²) in [6.07, 6.45) is 1.95. The van der Waals surface area contributed by atoms with Crippen molar-refractivity contribution in [3.63, 3.8) is 0 Å². The van der Waals surface area contributed by atoms with Crippen LogP contribution in [0.2, 0.25) is 0 Å². The van der Waals surface area contributed by atoms with Crippen LogP contribution in [0.1, 0.15) is 44.6 Å². The van der Waals surface area contributed by atoms with Crippen LogP contribution in [-0.2, 0) is 26.9 Å². The van der Waals surface area contributed by atoms with Crippen LogP contribution in [0.4, 0.5) is 0 Å². The second-order valence-electron chi connectivity index (χ2n) is 8.97. The molecule has 0 bridgehead atoms. The Bertz CT molecular complexity index is 1130. The molecule has 0 radical (unpaired) electrons. The van der Waals surface area contributed by atoms with E-state index in [0.29, 0.717) is 11.3 Å². The fourth-order valence-electron chi connectivity index (χ4n) is 3.58. The molecule has 3 aromatic rings. The summed E-state index contributed by atoms with van der Waals surface area (Å²) in [7, 11) is -3.29. The van der Waals surface area contributed by atoms with E-state index < -0.39 is 9.84 Å². The molecule has 0 aliphatic heterocycles. The number of imidazole rings is 1. The van der Waals surface area contributed by atoms with Crippen LogP contribution in [0.25, 0.3) is 11.0 Å². The van der Waals surface area contributed by atoms with E-state index in [0.717, 1.165) is 17.5 Å². The molecule has 1 atom stereocenters. The van der Waals surface area contributed by atoms with Gasteiger partial charge in [0.15, 0.2) is 9.84 Å². The van der Waals surface area contributed by atoms with Gasteiger partial charge in [-0.1, -0.05) is 63.2 Å². The van der Waals surface area contributed by atoms with Crippen LogP contribution in [-0.4, -0.2) is 30.1 Å². The highest BCUT2D eigenvalue weighted by Gasteiger charge is 2.23. The van der Waals surface area contributed by atoms with Gasteiger partial charge in [-0.05, 0) is 29.5 Å². The van der Waals surface area contributed by atoms with E-state index in [1.807, 2.05) is 54.6 Å². The molecule has 1 heterocycles. The summed E-state index contributed by atoms with van der Waals surface area (Å²) < 4.78 is 25.5. The van der Waals surface area contributed by atoms with Gasteiger partial charge in [-0.15, -0.1) is 0 Å². The Morgan fingerprint density at radius 1 is 1.07 bits per heavy atom. The standard InChI is InChI=1S/C23H29N3O3S/c1-23(2,3)14-19(17-10-6-5-7-11-17)25-22(27)15-26-20-13-9-8-12-18(20)24-21(26)16-30(4,28)29/h5-13,19H,14-16H2,1-4H3,(H,25,27). The SMILES string of the molecule is CC(C)(C)CC(NC(=O)Cn1c(CS(C)(=O)=O)nc2ccccc21)c1ccccc1. The molecule has 0 aliphatic carbocycles. The summed E-state index contributed by atoms with van der Waals surface area (Å²) in [5.41, 5.74) is 2.50. The minimum Gasteiger partial charge on any atom is -0.348 e. The third-order valence-electron chi connectivity index (χ3n) is 4.78. The first-order chi connectivity index (χ1) is 14.0. The van der Waals surface area contributed by atoms with Crippen molar-refractivity contribution >= 4 is 26.8 Å². The highest BCUT2D eigenvalue weighted by molar-refractivity contribution is 7.89. The van der Waals surface area contributed by atoms with E-state index in [1.54, 1.807) is 4.57 Å². The topological polar surface area (TPSA) is 81.1 Å². The summed E-state index contributed by atoms with van der Waals surface area (Å²) in [4.78, 5) is 17.5. The first-order valence-electron chi connectivity index (χ1n) is 9.98. The van der Waals surface area contributed by atoms with Crippen LogP contribution in [0.3, 0.4) is 0 Å². The first-order valence-corrected chi connectivity index (χ1v) is 12.0. The van der Waals surface area contributed by atoms with E-state index in [4.69, 9.17) is 0 Å². The highest BCUT2D eigenvalue weighted by atomic mass is 32.2. The van der Waals surface area contributed by atoms with Crippen molar-refractivity contribution in [2.24, 2.45) is 5.41 Å². The monoisotopic (exact) mass is 427 g/mol. The van der Waals surface area contributed by atoms with Gasteiger partial charge in [0.05, 0.1) is 17.1 Å². The zero-order valence-corrected chi connectivity index (χ0v) is 18.7. The highest BCUT2D eigenvalue weighted by Crippen LogP contribution is 2.29. The Hall–Kier alpha value is -2.67. The molecule has 6 nitrogen and oxygen atoms in total. The molecule has 1 amide bonds. The molecular formula is C23H29N3O3S. The smallest absolute Gasteiger partial charge is 0.240 e. The van der Waals surface area contributed by atoms with Gasteiger partial charge in [-0.25, -0.2) is 13.4 Å². The number of rotatable bonds is 7. The lowest BCUT2D eigenvalue weighted by Crippen LogP contribution is -2.34. The molecule has 0 fully saturated rings. The first kappa shape index (κ1) is 22.0. The summed E-state index contributed by atoms with van der Waals surface area (Å²) in [5, 5.41) is 3.15. The van der Waals surface area contributed by atoms with Crippen LogP contribution < -0.4 is 5.32 Å². The number of carbonyl (C=O) groups excluding carboxylic acids is 1. The van der Waals surface area contributed by atoms with E-state index in [9.17, 15) is 13.2 Å². The van der Waals surface area contributed by atoms with Gasteiger partial charge in [0, 0.05) is 6.26 Å². The average molecular weight is 428 g/mol. The molecule has 1 unspecified atom stereocenters. The molecule has 7 heteroatoms. The molecule has 0 saturated carbocycles. The minimum absolute atomic E-state index is 0.0127. The summed E-state index contributed by atoms with van der Waals surface area (Å²) in [6, 6.07) is 17.1. The Morgan fingerprint density at radius 3 is 2.33 bits per heavy atom. The second kappa shape index (κ2) is 8.60. The number of sulfone groups is 1. The second-order valence-corrected chi connectivity index (χ2v) is 11.1. The molecule has 3 rings (SSSR count). The molecule has 1 aromatic heterocycles. The van der Waals surface area contributed by atoms with Crippen molar-refractivity contribution in [2.45, 2.75) is 45.5 Å². The van der Waals surface area contributed by atoms with Gasteiger partial charge >= 0.3 is 0 Å². The Morgan fingerprint density at radius 2 is 1.70 bits per heavy atom. The third kappa shape index (κ3) is 5.92. The Balaban J connectivity index is 1.88. The number of nitrogens with one attached hydrogen (secondary N) is 1. The summed E-state index contributed by atoms with van der Waals surface area (Å²) in [6.45, 7) is 6.44. The van der Waals surface area contributed by atoms with Gasteiger partial charge in [0.2, 0.25) is 5.91 Å². The van der Waals surface area contributed by atoms with Crippen LogP contribution in [0, 0.1) is 5.41 Å². The predicted octanol–water partition coefficient (Wildman–Crippen LogP) is 3.87. The maximum Gasteiger partial charge on any atom is 0.240 e. The number of benzene rings is 2. The van der Waals surface area contributed by atoms with Crippen LogP contribution in [0.5, 0.6) is 0 Å². The Labute approximate surface area is 178 Å². The number of para-hydroxylation sites is 2. The zero-order chi connectivity index (χ0) is 21.9. The summed E-state index contributed by atoms with van der Waals surface area (Å²) >= 11 is 0. The number of hydrogen-bond donors (Lipinski definition) is 1. The number of hydrogen-bond acceptors (Lipinski definition) is 4. The molecule has 1 N–H and O–H groups in total. The lowest BCUT2D eigenvalue weighted by molar-refractivity contribution is -0.122. The molecule has 2 aromatic carbocycles. The van der Waals surface area contributed by atoms with Gasteiger partial charge < -0.3 is 9.88 Å². The number of amides is 1. The van der Waals surface area contributed by atoms with E-state index in [-0.39, 0.29) is 29.7 Å². The third-order valence-corrected chi connectivity index (χ3v) is 5.56. The molecule has 160 valence electrons. The van der Waals surface area contributed by atoms with E-state index >= 15 is 0 Å². The van der Waals surface area contributed by atoms with Crippen LogP contribution in [0.15, 0.2) is 54.6 Å². The number of carbonyl (C=O) groups is 1. The quantitative estimate of drug-likeness (QED) is 0.621. The van der Waals surface area contributed by atoms with Crippen molar-refractivity contribution in [3.8, 4) is 0 Å². The molecular weight excluding hydrogens is 398 g/mol. The Kier molecular flexibility index (Phi) is 6.31. The van der Waals surface area contributed by atoms with Crippen molar-refractivity contribution in [3.05, 3.63) is 66.0 Å². The van der Waals surface area contributed by atoms with Crippen molar-refractivity contribution in [1.82, 2.24) is 14.9 Å². The lowest BCUT2D eigenvalue weighted by atomic mass is 9.85. The van der Waals surface area contributed by atoms with Crippen LogP contribution >= 0.6 is 0 Å². The van der Waals surface area contributed by atoms with Gasteiger partial charge in [-0.3, -0.25) is 4.79 Å². The summed E-state index contributed by atoms with van der Waals surface area (Å²) in [5.74, 6) is -0.00839. The molecule has 0 aliphatic rings. The number of nitrogens with zero attached hydrogens (tertiary/aromatic N) is 2. The normalized spacial score (nSPS) is 13.3. The molecule has 0 spiro atoms. The van der Waals surface area contributed by atoms with Gasteiger partial charge in [0.25, 0.3) is 0 Å². The number of fused-ring (bicyclic) bond motifs is 1.